The molecule has 0 amide bonds. The highest BCUT2D eigenvalue weighted by atomic mass is 32.1. The minimum absolute atomic E-state index is 0.0620. The monoisotopic (exact) mass is 784 g/mol. The summed E-state index contributed by atoms with van der Waals surface area (Å²) in [6.07, 6.45) is 1.65. The van der Waals surface area contributed by atoms with Gasteiger partial charge < -0.3 is 9.13 Å². The van der Waals surface area contributed by atoms with Crippen LogP contribution in [0.1, 0.15) is 45.1 Å². The molecule has 0 saturated carbocycles. The Labute approximate surface area is 311 Å². The number of aryl methyl sites for hydroxylation is 2. The lowest BCUT2D eigenvalue weighted by atomic mass is 9.96. The van der Waals surface area contributed by atoms with Crippen LogP contribution in [0, 0.1) is 29.2 Å². The number of fused-ring (bicyclic) bond motifs is 9. The molecule has 9 aromatic rings. The van der Waals surface area contributed by atoms with Gasteiger partial charge in [0, 0.05) is 40.2 Å². The molecule has 54 heavy (non-hydrogen) atoms. The van der Waals surface area contributed by atoms with Gasteiger partial charge in [0.1, 0.15) is 10.0 Å². The van der Waals surface area contributed by atoms with Gasteiger partial charge in [0.15, 0.2) is 34.0 Å². The summed E-state index contributed by atoms with van der Waals surface area (Å²) in [6, 6.07) is 4.83. The van der Waals surface area contributed by atoms with Gasteiger partial charge in [-0.3, -0.25) is 19.2 Å². The van der Waals surface area contributed by atoms with Crippen LogP contribution in [0.5, 0.6) is 0 Å². The van der Waals surface area contributed by atoms with Crippen LogP contribution in [-0.2, 0) is 13.1 Å². The fourth-order valence-electron chi connectivity index (χ4n) is 7.90. The number of aromatic nitrogens is 2. The Balaban J connectivity index is 1.22. The van der Waals surface area contributed by atoms with E-state index in [1.807, 2.05) is 6.07 Å². The lowest BCUT2D eigenvalue weighted by Gasteiger charge is -2.21. The van der Waals surface area contributed by atoms with Crippen LogP contribution in [0.3, 0.4) is 0 Å². The number of nitrogens with zero attached hydrogens (tertiary/aromatic N) is 4. The molecule has 0 saturated heterocycles. The number of benzene rings is 2. The van der Waals surface area contributed by atoms with Crippen molar-refractivity contribution in [2.24, 2.45) is 15.9 Å². The topological polar surface area (TPSA) is 103 Å². The molecule has 0 N–H and O–H groups in total. The van der Waals surface area contributed by atoms with Gasteiger partial charge in [0.2, 0.25) is 21.7 Å². The van der Waals surface area contributed by atoms with E-state index in [1.54, 1.807) is 11.3 Å². The van der Waals surface area contributed by atoms with E-state index < -0.39 is 45.0 Å². The van der Waals surface area contributed by atoms with E-state index in [2.05, 4.69) is 39.9 Å². The smallest absolute Gasteiger partial charge is 0.216 e. The highest BCUT2D eigenvalue weighted by Gasteiger charge is 2.32. The molecule has 5 aromatic heterocycles. The van der Waals surface area contributed by atoms with Gasteiger partial charge in [-0.1, -0.05) is 20.8 Å². The van der Waals surface area contributed by atoms with Crippen LogP contribution in [-0.4, -0.2) is 9.13 Å². The van der Waals surface area contributed by atoms with Crippen molar-refractivity contribution in [1.29, 1.82) is 0 Å². The van der Waals surface area contributed by atoms with Crippen LogP contribution in [0.2, 0.25) is 0 Å². The molecular formula is C39H24F4N4O4S3. The lowest BCUT2D eigenvalue weighted by Crippen LogP contribution is -2.31. The molecule has 0 aliphatic carbocycles. The summed E-state index contributed by atoms with van der Waals surface area (Å²) in [5.41, 5.74) is 1.96. The zero-order valence-corrected chi connectivity index (χ0v) is 31.0. The van der Waals surface area contributed by atoms with Crippen LogP contribution < -0.4 is 32.4 Å². The molecule has 10 rings (SSSR count). The van der Waals surface area contributed by atoms with Crippen molar-refractivity contribution in [3.05, 3.63) is 111 Å². The summed E-state index contributed by atoms with van der Waals surface area (Å²) in [4.78, 5) is 61.9. The van der Waals surface area contributed by atoms with E-state index in [0.717, 1.165) is 90.1 Å². The summed E-state index contributed by atoms with van der Waals surface area (Å²) in [6.45, 7) is 7.78. The van der Waals surface area contributed by atoms with Crippen LogP contribution in [0.25, 0.3) is 62.4 Å². The molecule has 0 bridgehead atoms. The average molecular weight is 785 g/mol. The Hall–Kier alpha value is -5.12. The first-order valence-electron chi connectivity index (χ1n) is 17.2. The van der Waals surface area contributed by atoms with Crippen molar-refractivity contribution in [2.75, 3.05) is 0 Å². The maximum Gasteiger partial charge on any atom is 0.216 e. The molecule has 0 fully saturated rings. The highest BCUT2D eigenvalue weighted by molar-refractivity contribution is 7.35. The SMILES string of the molecule is CC(C)CCn1c2cc(N=c3c(=O)c4cc(F)c(F)cc4c3=O)sc2c2sc3c4sc(N=c5c(=O)c6cc(F)c(F)cc6c5=O)c5c4n(c3c21)CCC5C. The first-order chi connectivity index (χ1) is 25.8. The van der Waals surface area contributed by atoms with Crippen LogP contribution >= 0.6 is 34.0 Å². The summed E-state index contributed by atoms with van der Waals surface area (Å²) >= 11 is 4.31. The summed E-state index contributed by atoms with van der Waals surface area (Å²) in [5, 5.41) is -0.644. The predicted molar refractivity (Wildman–Crippen MR) is 207 cm³/mol. The Morgan fingerprint density at radius 2 is 1.20 bits per heavy atom. The third-order valence-electron chi connectivity index (χ3n) is 10.6. The van der Waals surface area contributed by atoms with Gasteiger partial charge in [0.05, 0.1) is 40.9 Å². The third kappa shape index (κ3) is 4.45. The van der Waals surface area contributed by atoms with E-state index in [0.29, 0.717) is 22.5 Å². The number of hydrogen-bond acceptors (Lipinski definition) is 9. The van der Waals surface area contributed by atoms with Crippen molar-refractivity contribution >= 4 is 106 Å². The van der Waals surface area contributed by atoms with E-state index in [1.165, 1.54) is 22.7 Å². The number of hydrogen-bond donors (Lipinski definition) is 0. The quantitative estimate of drug-likeness (QED) is 0.164. The predicted octanol–water partition coefficient (Wildman–Crippen LogP) is 8.16. The molecular weight excluding hydrogens is 761 g/mol. The van der Waals surface area contributed by atoms with Crippen molar-refractivity contribution in [3.8, 4) is 0 Å². The van der Waals surface area contributed by atoms with E-state index in [4.69, 9.17) is 0 Å². The Bertz CT molecular complexity index is 3380. The highest BCUT2D eigenvalue weighted by Crippen LogP contribution is 2.55. The van der Waals surface area contributed by atoms with Crippen molar-refractivity contribution in [3.63, 3.8) is 0 Å². The molecule has 6 heterocycles. The fourth-order valence-corrected chi connectivity index (χ4v) is 11.8. The maximum absolute atomic E-state index is 14.0. The molecule has 0 spiro atoms. The summed E-state index contributed by atoms with van der Waals surface area (Å²) in [7, 11) is 0. The number of thiophene rings is 3. The van der Waals surface area contributed by atoms with Gasteiger partial charge in [0.25, 0.3) is 0 Å². The van der Waals surface area contributed by atoms with Crippen molar-refractivity contribution < 1.29 is 17.6 Å². The first kappa shape index (κ1) is 33.4. The number of rotatable bonds is 5. The van der Waals surface area contributed by atoms with E-state index in [9.17, 15) is 36.7 Å². The Morgan fingerprint density at radius 3 is 1.76 bits per heavy atom. The van der Waals surface area contributed by atoms with E-state index >= 15 is 0 Å². The van der Waals surface area contributed by atoms with Crippen molar-refractivity contribution in [2.45, 2.75) is 52.6 Å². The second-order valence-corrected chi connectivity index (χ2v) is 17.3. The van der Waals surface area contributed by atoms with E-state index in [-0.39, 0.29) is 38.2 Å². The zero-order valence-electron chi connectivity index (χ0n) is 28.5. The van der Waals surface area contributed by atoms with Crippen LogP contribution in [0.4, 0.5) is 27.6 Å². The van der Waals surface area contributed by atoms with Gasteiger partial charge in [-0.25, -0.2) is 27.5 Å². The minimum atomic E-state index is -1.21. The average Bonchev–Trinajstić information content (AvgIpc) is 3.97. The molecule has 1 aliphatic rings. The molecule has 270 valence electrons. The Kier molecular flexibility index (Phi) is 7.09. The molecule has 1 atom stereocenters. The normalized spacial score (nSPS) is 14.9. The summed E-state index contributed by atoms with van der Waals surface area (Å²) < 4.78 is 64.5. The largest absolute Gasteiger partial charge is 0.337 e. The molecule has 1 unspecified atom stereocenters. The van der Waals surface area contributed by atoms with Gasteiger partial charge in [-0.05, 0) is 55.0 Å². The second-order valence-electron chi connectivity index (χ2n) is 14.3. The summed E-state index contributed by atoms with van der Waals surface area (Å²) in [5.74, 6) is -4.39. The minimum Gasteiger partial charge on any atom is -0.337 e. The number of halogens is 4. The second kappa shape index (κ2) is 11.4. The Morgan fingerprint density at radius 1 is 0.685 bits per heavy atom. The first-order valence-corrected chi connectivity index (χ1v) is 19.6. The molecule has 0 radical (unpaired) electrons. The zero-order chi connectivity index (χ0) is 37.6. The van der Waals surface area contributed by atoms with Crippen LogP contribution in [0.15, 0.2) is 59.5 Å². The molecule has 1 aliphatic heterocycles. The molecule has 8 nitrogen and oxygen atoms in total. The van der Waals surface area contributed by atoms with Gasteiger partial charge >= 0.3 is 0 Å². The standard InChI is InChI=1S/C39H24F4N4O4S3/c1-13(2)4-6-46-23-12-24(44-26-31(48)15-8-19(40)20(41)9-16(15)32(26)49)52-35(23)37-29(46)30-38(53-37)36-28-25(14(3)5-7-47(28)30)39(54-36)45-27-33(50)17-10-21(42)22(43)11-18(17)34(27)51/h8-14H,4-7H2,1-3H3. The van der Waals surface area contributed by atoms with Crippen molar-refractivity contribution in [1.82, 2.24) is 9.13 Å². The third-order valence-corrected chi connectivity index (χ3v) is 14.2. The van der Waals surface area contributed by atoms with Gasteiger partial charge in [-0.15, -0.1) is 34.0 Å². The molecule has 4 aromatic carbocycles. The molecule has 15 heteroatoms. The fraction of sp³-hybridized carbons (Fsp3) is 0.231. The van der Waals surface area contributed by atoms with Gasteiger partial charge in [-0.2, -0.15) is 0 Å². The maximum atomic E-state index is 14.0. The lowest BCUT2D eigenvalue weighted by molar-refractivity contribution is 0.511.